The van der Waals surface area contributed by atoms with E-state index in [1.54, 1.807) is 0 Å². The Labute approximate surface area is 121 Å². The van der Waals surface area contributed by atoms with E-state index in [0.717, 1.165) is 28.5 Å². The lowest BCUT2D eigenvalue weighted by Crippen LogP contribution is -2.03. The van der Waals surface area contributed by atoms with Crippen molar-refractivity contribution in [2.75, 3.05) is 0 Å². The summed E-state index contributed by atoms with van der Waals surface area (Å²) >= 11 is 0. The molecule has 0 aliphatic carbocycles. The summed E-state index contributed by atoms with van der Waals surface area (Å²) < 4.78 is 26.2. The van der Waals surface area contributed by atoms with Crippen LogP contribution in [0.15, 0.2) is 60.7 Å². The van der Waals surface area contributed by atoms with Gasteiger partial charge < -0.3 is 5.11 Å². The van der Waals surface area contributed by atoms with E-state index in [-0.39, 0.29) is 6.42 Å². The van der Waals surface area contributed by atoms with Crippen molar-refractivity contribution in [3.63, 3.8) is 0 Å². The lowest BCUT2D eigenvalue weighted by molar-refractivity contribution is 0.180. The zero-order valence-electron chi connectivity index (χ0n) is 11.3. The van der Waals surface area contributed by atoms with Gasteiger partial charge in [-0.2, -0.15) is 0 Å². The highest BCUT2D eigenvalue weighted by molar-refractivity contribution is 5.85. The van der Waals surface area contributed by atoms with Gasteiger partial charge in [0.15, 0.2) is 11.6 Å². The summed E-state index contributed by atoms with van der Waals surface area (Å²) in [7, 11) is 0. The number of benzene rings is 3. The molecule has 0 saturated heterocycles. The summed E-state index contributed by atoms with van der Waals surface area (Å²) in [6.45, 7) is 0. The number of aliphatic hydroxyl groups excluding tert-OH is 1. The van der Waals surface area contributed by atoms with Gasteiger partial charge in [0.1, 0.15) is 0 Å². The lowest BCUT2D eigenvalue weighted by atomic mass is 9.96. The first-order valence-corrected chi connectivity index (χ1v) is 6.75. The molecular formula is C18H14F2O. The second kappa shape index (κ2) is 5.62. The van der Waals surface area contributed by atoms with Crippen molar-refractivity contribution in [2.45, 2.75) is 12.5 Å². The molecular weight excluding hydrogens is 270 g/mol. The molecule has 1 nitrogen and oxygen atoms in total. The summed E-state index contributed by atoms with van der Waals surface area (Å²) in [6.07, 6.45) is -0.522. The Morgan fingerprint density at radius 1 is 0.857 bits per heavy atom. The number of rotatable bonds is 3. The fourth-order valence-electron chi connectivity index (χ4n) is 2.54. The summed E-state index contributed by atoms with van der Waals surface area (Å²) in [5, 5.41) is 12.4. The zero-order valence-corrected chi connectivity index (χ0v) is 11.3. The minimum atomic E-state index is -0.891. The van der Waals surface area contributed by atoms with Crippen molar-refractivity contribution in [3.05, 3.63) is 83.4 Å². The fraction of sp³-hybridized carbons (Fsp3) is 0.111. The Hall–Kier alpha value is -2.26. The molecule has 21 heavy (non-hydrogen) atoms. The SMILES string of the molecule is OC(Cc1ccc(F)c(F)c1)c1cccc2ccccc12. The molecule has 0 amide bonds. The highest BCUT2D eigenvalue weighted by Gasteiger charge is 2.13. The lowest BCUT2D eigenvalue weighted by Gasteiger charge is -2.14. The summed E-state index contributed by atoms with van der Waals surface area (Å²) in [5.74, 6) is -1.77. The molecule has 0 heterocycles. The molecule has 3 aromatic carbocycles. The van der Waals surface area contributed by atoms with E-state index in [1.165, 1.54) is 6.07 Å². The first-order chi connectivity index (χ1) is 10.1. The smallest absolute Gasteiger partial charge is 0.159 e. The first-order valence-electron chi connectivity index (χ1n) is 6.75. The van der Waals surface area contributed by atoms with E-state index in [4.69, 9.17) is 0 Å². The van der Waals surface area contributed by atoms with Crippen molar-refractivity contribution in [2.24, 2.45) is 0 Å². The Morgan fingerprint density at radius 2 is 1.62 bits per heavy atom. The zero-order chi connectivity index (χ0) is 14.8. The van der Waals surface area contributed by atoms with E-state index in [0.29, 0.717) is 5.56 Å². The van der Waals surface area contributed by atoms with E-state index >= 15 is 0 Å². The highest BCUT2D eigenvalue weighted by Crippen LogP contribution is 2.27. The molecule has 3 heteroatoms. The van der Waals surface area contributed by atoms with Crippen LogP contribution in [0.5, 0.6) is 0 Å². The van der Waals surface area contributed by atoms with Crippen LogP contribution in [0.4, 0.5) is 8.78 Å². The van der Waals surface area contributed by atoms with Crippen molar-refractivity contribution < 1.29 is 13.9 Å². The van der Waals surface area contributed by atoms with Gasteiger partial charge in [0.2, 0.25) is 0 Å². The molecule has 0 bridgehead atoms. The second-order valence-corrected chi connectivity index (χ2v) is 5.04. The van der Waals surface area contributed by atoms with Crippen LogP contribution in [0, 0.1) is 11.6 Å². The predicted octanol–water partition coefficient (Wildman–Crippen LogP) is 4.39. The molecule has 3 rings (SSSR count). The molecule has 0 spiro atoms. The molecule has 106 valence electrons. The Bertz CT molecular complexity index is 778. The molecule has 0 aliphatic rings. The van der Waals surface area contributed by atoms with Gasteiger partial charge in [0.05, 0.1) is 6.10 Å². The molecule has 0 radical (unpaired) electrons. The number of halogens is 2. The Morgan fingerprint density at radius 3 is 2.43 bits per heavy atom. The maximum Gasteiger partial charge on any atom is 0.159 e. The van der Waals surface area contributed by atoms with Crippen molar-refractivity contribution in [3.8, 4) is 0 Å². The molecule has 1 N–H and O–H groups in total. The van der Waals surface area contributed by atoms with Crippen LogP contribution in [0.3, 0.4) is 0 Å². The summed E-state index contributed by atoms with van der Waals surface area (Å²) in [5.41, 5.74) is 1.35. The highest BCUT2D eigenvalue weighted by atomic mass is 19.2. The normalized spacial score (nSPS) is 12.5. The quantitative estimate of drug-likeness (QED) is 0.756. The van der Waals surface area contributed by atoms with Gasteiger partial charge >= 0.3 is 0 Å². The first kappa shape index (κ1) is 13.7. The van der Waals surface area contributed by atoms with Crippen LogP contribution >= 0.6 is 0 Å². The van der Waals surface area contributed by atoms with E-state index in [2.05, 4.69) is 0 Å². The van der Waals surface area contributed by atoms with Gasteiger partial charge in [-0.15, -0.1) is 0 Å². The minimum Gasteiger partial charge on any atom is -0.388 e. The van der Waals surface area contributed by atoms with Gasteiger partial charge in [0.25, 0.3) is 0 Å². The maximum absolute atomic E-state index is 13.2. The monoisotopic (exact) mass is 284 g/mol. The second-order valence-electron chi connectivity index (χ2n) is 5.04. The van der Waals surface area contributed by atoms with Gasteiger partial charge in [0, 0.05) is 6.42 Å². The standard InChI is InChI=1S/C18H14F2O/c19-16-9-8-12(10-17(16)20)11-18(21)15-7-3-5-13-4-1-2-6-14(13)15/h1-10,18,21H,11H2. The van der Waals surface area contributed by atoms with Crippen LogP contribution in [0.2, 0.25) is 0 Å². The molecule has 0 aliphatic heterocycles. The van der Waals surface area contributed by atoms with Gasteiger partial charge in [-0.05, 0) is 34.0 Å². The van der Waals surface area contributed by atoms with Crippen LogP contribution in [0.1, 0.15) is 17.2 Å². The number of fused-ring (bicyclic) bond motifs is 1. The largest absolute Gasteiger partial charge is 0.388 e. The topological polar surface area (TPSA) is 20.2 Å². The molecule has 1 unspecified atom stereocenters. The van der Waals surface area contributed by atoms with E-state index < -0.39 is 17.7 Å². The Kier molecular flexibility index (Phi) is 3.67. The van der Waals surface area contributed by atoms with Crippen molar-refractivity contribution in [1.29, 1.82) is 0 Å². The Balaban J connectivity index is 1.93. The third kappa shape index (κ3) is 2.78. The molecule has 0 aromatic heterocycles. The third-order valence-electron chi connectivity index (χ3n) is 3.60. The fourth-order valence-corrected chi connectivity index (χ4v) is 2.54. The maximum atomic E-state index is 13.2. The summed E-state index contributed by atoms with van der Waals surface area (Å²) in [4.78, 5) is 0. The molecule has 3 aromatic rings. The van der Waals surface area contributed by atoms with Crippen molar-refractivity contribution in [1.82, 2.24) is 0 Å². The van der Waals surface area contributed by atoms with Gasteiger partial charge in [-0.1, -0.05) is 48.5 Å². The van der Waals surface area contributed by atoms with Gasteiger partial charge in [-0.25, -0.2) is 8.78 Å². The van der Waals surface area contributed by atoms with Gasteiger partial charge in [-0.3, -0.25) is 0 Å². The predicted molar refractivity (Wildman–Crippen MR) is 79.0 cm³/mol. The van der Waals surface area contributed by atoms with Crippen LogP contribution in [-0.4, -0.2) is 5.11 Å². The average Bonchev–Trinajstić information content (AvgIpc) is 2.50. The van der Waals surface area contributed by atoms with E-state index in [9.17, 15) is 13.9 Å². The average molecular weight is 284 g/mol. The molecule has 1 atom stereocenters. The van der Waals surface area contributed by atoms with Crippen LogP contribution in [-0.2, 0) is 6.42 Å². The number of hydrogen-bond donors (Lipinski definition) is 1. The molecule has 0 fully saturated rings. The van der Waals surface area contributed by atoms with Crippen molar-refractivity contribution >= 4 is 10.8 Å². The summed E-state index contributed by atoms with van der Waals surface area (Å²) in [6, 6.07) is 17.2. The van der Waals surface area contributed by atoms with Crippen LogP contribution < -0.4 is 0 Å². The minimum absolute atomic E-state index is 0.241. The number of aliphatic hydroxyl groups is 1. The van der Waals surface area contributed by atoms with E-state index in [1.807, 2.05) is 42.5 Å². The van der Waals surface area contributed by atoms with Crippen LogP contribution in [0.25, 0.3) is 10.8 Å². The number of hydrogen-bond acceptors (Lipinski definition) is 1. The molecule has 0 saturated carbocycles. The third-order valence-corrected chi connectivity index (χ3v) is 3.60.